The first-order valence-electron chi connectivity index (χ1n) is 12.6. The van der Waals surface area contributed by atoms with Crippen molar-refractivity contribution in [3.05, 3.63) is 82.0 Å². The summed E-state index contributed by atoms with van der Waals surface area (Å²) in [7, 11) is 2.14. The molecule has 5 heterocycles. The van der Waals surface area contributed by atoms with Crippen molar-refractivity contribution in [3.8, 4) is 11.2 Å². The zero-order valence-electron chi connectivity index (χ0n) is 21.3. The van der Waals surface area contributed by atoms with Gasteiger partial charge in [-0.05, 0) is 62.3 Å². The van der Waals surface area contributed by atoms with E-state index in [2.05, 4.69) is 54.8 Å². The molecule has 6 rings (SSSR count). The summed E-state index contributed by atoms with van der Waals surface area (Å²) in [5.74, 6) is 0.355. The Morgan fingerprint density at radius 3 is 2.74 bits per heavy atom. The van der Waals surface area contributed by atoms with E-state index >= 15 is 0 Å². The molecular weight excluding hydrogens is 512 g/mol. The third-order valence-corrected chi connectivity index (χ3v) is 7.72. The molecule has 2 N–H and O–H groups in total. The number of thiazole rings is 1. The van der Waals surface area contributed by atoms with E-state index in [1.165, 1.54) is 22.0 Å². The van der Waals surface area contributed by atoms with E-state index in [1.807, 2.05) is 29.6 Å². The number of fused-ring (bicyclic) bond motifs is 1. The first kappa shape index (κ1) is 24.7. The largest absolute Gasteiger partial charge is 0.372 e. The molecule has 12 heteroatoms. The van der Waals surface area contributed by atoms with Crippen LogP contribution in [0.25, 0.3) is 16.2 Å². The van der Waals surface area contributed by atoms with Gasteiger partial charge < -0.3 is 15.5 Å². The number of aromatic nitrogens is 6. The molecule has 0 spiro atoms. The third-order valence-electron chi connectivity index (χ3n) is 6.98. The van der Waals surface area contributed by atoms with Gasteiger partial charge in [0.05, 0.1) is 12.2 Å². The van der Waals surface area contributed by atoms with E-state index in [4.69, 9.17) is 0 Å². The first-order chi connectivity index (χ1) is 19.1. The average Bonchev–Trinajstić information content (AvgIpc) is 3.67. The molecule has 1 aliphatic heterocycles. The summed E-state index contributed by atoms with van der Waals surface area (Å²) in [5, 5.41) is 23.8. The zero-order valence-corrected chi connectivity index (χ0v) is 22.1. The Hall–Kier alpha value is -4.60. The Labute approximate surface area is 228 Å². The second-order valence-corrected chi connectivity index (χ2v) is 10.2. The topological polar surface area (TPSA) is 130 Å². The highest BCUT2D eigenvalue weighted by atomic mass is 32.1. The van der Waals surface area contributed by atoms with E-state index in [1.54, 1.807) is 23.3 Å². The van der Waals surface area contributed by atoms with Crippen molar-refractivity contribution in [3.63, 3.8) is 0 Å². The number of hydrogen-bond donors (Lipinski definition) is 2. The highest BCUT2D eigenvalue weighted by molar-refractivity contribution is 7.12. The smallest absolute Gasteiger partial charge is 0.270 e. The van der Waals surface area contributed by atoms with Crippen LogP contribution in [0.15, 0.2) is 65.2 Å². The number of nitriles is 1. The predicted octanol–water partition coefficient (Wildman–Crippen LogP) is 3.29. The van der Waals surface area contributed by atoms with Crippen molar-refractivity contribution in [2.45, 2.75) is 25.4 Å². The Kier molecular flexibility index (Phi) is 6.75. The van der Waals surface area contributed by atoms with Crippen molar-refractivity contribution in [2.24, 2.45) is 0 Å². The molecule has 196 valence electrons. The van der Waals surface area contributed by atoms with Crippen LogP contribution >= 0.6 is 11.3 Å². The number of nitrogens with zero attached hydrogens (tertiary/aromatic N) is 8. The SMILES string of the molecule is CN(c1ccc(Nc2ncc3cc(C#N)c(=O)n(Cc4ccnn4-c4nccs4)c3n2)cc1)C1CCNCC1. The second-order valence-electron chi connectivity index (χ2n) is 9.35. The third kappa shape index (κ3) is 4.97. The van der Waals surface area contributed by atoms with Gasteiger partial charge in [-0.25, -0.2) is 14.6 Å². The molecule has 39 heavy (non-hydrogen) atoms. The van der Waals surface area contributed by atoms with Gasteiger partial charge in [-0.3, -0.25) is 9.36 Å². The van der Waals surface area contributed by atoms with Crippen molar-refractivity contribution >= 4 is 39.7 Å². The summed E-state index contributed by atoms with van der Waals surface area (Å²) in [6.07, 6.45) is 7.24. The zero-order chi connectivity index (χ0) is 26.8. The van der Waals surface area contributed by atoms with E-state index in [0.29, 0.717) is 28.2 Å². The van der Waals surface area contributed by atoms with Gasteiger partial charge in [0, 0.05) is 53.8 Å². The first-order valence-corrected chi connectivity index (χ1v) is 13.5. The Bertz CT molecular complexity index is 1700. The van der Waals surface area contributed by atoms with E-state index in [0.717, 1.165) is 43.0 Å². The fourth-order valence-electron chi connectivity index (χ4n) is 4.87. The summed E-state index contributed by atoms with van der Waals surface area (Å²) in [6.45, 7) is 2.25. The standard InChI is InChI=1S/C27H26N10OS/c1-35(22-6-9-29-10-7-22)21-4-2-20(3-5-21)33-26-31-16-19-14-18(15-28)25(38)36(24(19)34-26)17-23-8-11-32-37(23)27-30-12-13-39-27/h2-5,8,11-14,16,22,29H,6-7,9-10,17H2,1H3,(H,31,33,34). The fourth-order valence-corrected chi connectivity index (χ4v) is 5.49. The van der Waals surface area contributed by atoms with Crippen LogP contribution in [0.4, 0.5) is 17.3 Å². The maximum atomic E-state index is 13.2. The molecule has 4 aromatic heterocycles. The van der Waals surface area contributed by atoms with E-state index < -0.39 is 5.56 Å². The van der Waals surface area contributed by atoms with Gasteiger partial charge in [0.1, 0.15) is 17.3 Å². The minimum absolute atomic E-state index is 0.0283. The fraction of sp³-hybridized carbons (Fsp3) is 0.259. The number of hydrogen-bond acceptors (Lipinski definition) is 10. The molecule has 1 aromatic carbocycles. The molecule has 0 bridgehead atoms. The number of piperidine rings is 1. The van der Waals surface area contributed by atoms with Crippen molar-refractivity contribution in [1.29, 1.82) is 5.26 Å². The van der Waals surface area contributed by atoms with Crippen LogP contribution in [0.2, 0.25) is 0 Å². The maximum absolute atomic E-state index is 13.2. The van der Waals surface area contributed by atoms with E-state index in [9.17, 15) is 10.1 Å². The van der Waals surface area contributed by atoms with Crippen LogP contribution in [0.1, 0.15) is 24.1 Å². The second kappa shape index (κ2) is 10.6. The Balaban J connectivity index is 1.30. The molecular formula is C27H26N10OS. The quantitative estimate of drug-likeness (QED) is 0.321. The molecule has 0 atom stereocenters. The molecule has 1 aliphatic rings. The van der Waals surface area contributed by atoms with Crippen LogP contribution in [0.5, 0.6) is 0 Å². The molecule has 0 aliphatic carbocycles. The van der Waals surface area contributed by atoms with Crippen LogP contribution < -0.4 is 21.1 Å². The molecule has 5 aromatic rings. The number of benzene rings is 1. The van der Waals surface area contributed by atoms with Crippen LogP contribution in [0, 0.1) is 11.3 Å². The van der Waals surface area contributed by atoms with Gasteiger partial charge in [-0.15, -0.1) is 11.3 Å². The van der Waals surface area contributed by atoms with Crippen LogP contribution in [-0.2, 0) is 6.54 Å². The monoisotopic (exact) mass is 538 g/mol. The lowest BCUT2D eigenvalue weighted by molar-refractivity contribution is 0.443. The Morgan fingerprint density at radius 2 is 2.00 bits per heavy atom. The average molecular weight is 539 g/mol. The lowest BCUT2D eigenvalue weighted by Gasteiger charge is -2.33. The number of nitrogens with one attached hydrogen (secondary N) is 2. The van der Waals surface area contributed by atoms with Gasteiger partial charge >= 0.3 is 0 Å². The van der Waals surface area contributed by atoms with Crippen molar-refractivity contribution < 1.29 is 0 Å². The summed E-state index contributed by atoms with van der Waals surface area (Å²) in [6, 6.07) is 14.0. The number of pyridine rings is 1. The van der Waals surface area contributed by atoms with Gasteiger partial charge in [0.15, 0.2) is 0 Å². The minimum Gasteiger partial charge on any atom is -0.372 e. The highest BCUT2D eigenvalue weighted by Crippen LogP contribution is 2.24. The highest BCUT2D eigenvalue weighted by Gasteiger charge is 2.18. The number of rotatable bonds is 7. The normalized spacial score (nSPS) is 13.8. The lowest BCUT2D eigenvalue weighted by atomic mass is 10.0. The van der Waals surface area contributed by atoms with Crippen molar-refractivity contribution in [2.75, 3.05) is 30.4 Å². The van der Waals surface area contributed by atoms with Crippen LogP contribution in [-0.4, -0.2) is 55.5 Å². The van der Waals surface area contributed by atoms with Gasteiger partial charge in [-0.1, -0.05) is 0 Å². The molecule has 1 fully saturated rings. The summed E-state index contributed by atoms with van der Waals surface area (Å²) < 4.78 is 3.17. The molecule has 0 unspecified atom stereocenters. The molecule has 0 radical (unpaired) electrons. The molecule has 0 amide bonds. The number of anilines is 3. The summed E-state index contributed by atoms with van der Waals surface area (Å²) in [5.41, 5.74) is 2.76. The molecule has 1 saturated heterocycles. The van der Waals surface area contributed by atoms with E-state index in [-0.39, 0.29) is 12.1 Å². The summed E-state index contributed by atoms with van der Waals surface area (Å²) >= 11 is 1.44. The van der Waals surface area contributed by atoms with Gasteiger partial charge in [0.2, 0.25) is 11.1 Å². The van der Waals surface area contributed by atoms with Crippen molar-refractivity contribution in [1.82, 2.24) is 34.6 Å². The van der Waals surface area contributed by atoms with Crippen LogP contribution in [0.3, 0.4) is 0 Å². The lowest BCUT2D eigenvalue weighted by Crippen LogP contribution is -2.41. The molecule has 11 nitrogen and oxygen atoms in total. The Morgan fingerprint density at radius 1 is 1.18 bits per heavy atom. The maximum Gasteiger partial charge on any atom is 0.270 e. The molecule has 0 saturated carbocycles. The van der Waals surface area contributed by atoms with Gasteiger partial charge in [0.25, 0.3) is 5.56 Å². The summed E-state index contributed by atoms with van der Waals surface area (Å²) in [4.78, 5) is 29.0. The minimum atomic E-state index is -0.424. The predicted molar refractivity (Wildman–Crippen MR) is 151 cm³/mol. The van der Waals surface area contributed by atoms with Gasteiger partial charge in [-0.2, -0.15) is 15.3 Å².